The molecule has 184 valence electrons. The summed E-state index contributed by atoms with van der Waals surface area (Å²) in [7, 11) is 0. The van der Waals surface area contributed by atoms with Crippen molar-refractivity contribution in [3.05, 3.63) is 70.8 Å². The number of benzene rings is 2. The number of rotatable bonds is 5. The van der Waals surface area contributed by atoms with Crippen LogP contribution in [0.4, 0.5) is 26.3 Å². The first-order chi connectivity index (χ1) is 15.8. The zero-order valence-electron chi connectivity index (χ0n) is 18.3. The quantitative estimate of drug-likeness (QED) is 0.586. The van der Waals surface area contributed by atoms with Crippen LogP contribution in [-0.2, 0) is 27.3 Å². The molecular weight excluding hydrogens is 462 g/mol. The van der Waals surface area contributed by atoms with Gasteiger partial charge in [0.2, 0.25) is 5.91 Å². The summed E-state index contributed by atoms with van der Waals surface area (Å²) in [5, 5.41) is 6.10. The summed E-state index contributed by atoms with van der Waals surface area (Å²) in [5.41, 5.74) is -2.77. The van der Waals surface area contributed by atoms with Gasteiger partial charge in [0, 0.05) is 17.5 Å². The molecule has 1 heterocycles. The van der Waals surface area contributed by atoms with Crippen LogP contribution < -0.4 is 10.6 Å². The lowest BCUT2D eigenvalue weighted by molar-refractivity contribution is -0.143. The maximum absolute atomic E-state index is 13.2. The van der Waals surface area contributed by atoms with Crippen LogP contribution in [-0.4, -0.2) is 31.1 Å². The molecule has 2 fully saturated rings. The highest BCUT2D eigenvalue weighted by atomic mass is 19.4. The molecule has 4 nitrogen and oxygen atoms in total. The van der Waals surface area contributed by atoms with E-state index < -0.39 is 35.0 Å². The second-order valence-corrected chi connectivity index (χ2v) is 9.20. The van der Waals surface area contributed by atoms with Crippen LogP contribution in [0.2, 0.25) is 0 Å². The van der Waals surface area contributed by atoms with Gasteiger partial charge in [0.1, 0.15) is 0 Å². The zero-order valence-corrected chi connectivity index (χ0v) is 18.3. The smallest absolute Gasteiger partial charge is 0.373 e. The maximum atomic E-state index is 13.2. The fourth-order valence-electron chi connectivity index (χ4n) is 4.93. The van der Waals surface area contributed by atoms with Crippen molar-refractivity contribution in [3.8, 4) is 0 Å². The molecule has 0 bridgehead atoms. The predicted octanol–water partition coefficient (Wildman–Crippen LogP) is 4.99. The molecule has 10 heteroatoms. The van der Waals surface area contributed by atoms with E-state index in [0.29, 0.717) is 31.5 Å². The van der Waals surface area contributed by atoms with Gasteiger partial charge >= 0.3 is 12.4 Å². The third-order valence-corrected chi connectivity index (χ3v) is 6.68. The highest BCUT2D eigenvalue weighted by molar-refractivity contribution is 5.79. The Morgan fingerprint density at radius 3 is 2.06 bits per heavy atom. The predicted molar refractivity (Wildman–Crippen MR) is 112 cm³/mol. The molecule has 1 amide bonds. The Hall–Kier alpha value is -2.59. The molecule has 0 radical (unpaired) electrons. The summed E-state index contributed by atoms with van der Waals surface area (Å²) >= 11 is 0. The van der Waals surface area contributed by atoms with E-state index in [1.807, 2.05) is 30.3 Å². The summed E-state index contributed by atoms with van der Waals surface area (Å²) in [6, 6.07) is 11.0. The van der Waals surface area contributed by atoms with Gasteiger partial charge in [-0.3, -0.25) is 4.79 Å². The summed E-state index contributed by atoms with van der Waals surface area (Å²) in [6.07, 6.45) is -9.63. The minimum Gasteiger partial charge on any atom is -0.373 e. The molecule has 34 heavy (non-hydrogen) atoms. The number of nitrogens with one attached hydrogen (secondary N) is 2. The topological polar surface area (TPSA) is 50.4 Å². The van der Waals surface area contributed by atoms with Crippen molar-refractivity contribution in [2.45, 2.75) is 49.2 Å². The van der Waals surface area contributed by atoms with Crippen LogP contribution in [0, 0.1) is 0 Å². The van der Waals surface area contributed by atoms with E-state index in [2.05, 4.69) is 10.6 Å². The SMILES string of the molecule is C[C@@H](OC[C@]1(c2ccccc2)C[C@]2(CNC(=O)CN2)C1)c1cc(C(F)(F)F)cc(C(F)(F)F)c1. The monoisotopic (exact) mass is 486 g/mol. The van der Waals surface area contributed by atoms with Gasteiger partial charge < -0.3 is 15.4 Å². The van der Waals surface area contributed by atoms with Gasteiger partial charge in [-0.15, -0.1) is 0 Å². The molecule has 4 rings (SSSR count). The normalized spacial score (nSPS) is 26.1. The van der Waals surface area contributed by atoms with Crippen molar-refractivity contribution in [2.24, 2.45) is 0 Å². The summed E-state index contributed by atoms with van der Waals surface area (Å²) < 4.78 is 85.4. The van der Waals surface area contributed by atoms with E-state index in [-0.39, 0.29) is 36.2 Å². The lowest BCUT2D eigenvalue weighted by atomic mass is 9.54. The van der Waals surface area contributed by atoms with Crippen LogP contribution in [0.25, 0.3) is 0 Å². The molecule has 2 aromatic rings. The standard InChI is InChI=1S/C24H24F6N2O2/c1-15(16-7-18(23(25,26)27)9-19(8-16)24(28,29)30)34-14-21(17-5-3-2-4-6-17)11-22(12-21)13-31-20(33)10-32-22/h2-9,15,32H,10-14H2,1H3,(H,31,33)/t15-,21-,22+/m1/s1. The average Bonchev–Trinajstić information content (AvgIpc) is 2.76. The molecule has 2 aliphatic rings. The van der Waals surface area contributed by atoms with Crippen LogP contribution in [0.15, 0.2) is 48.5 Å². The Morgan fingerprint density at radius 1 is 0.971 bits per heavy atom. The zero-order chi connectivity index (χ0) is 24.8. The molecule has 1 saturated carbocycles. The van der Waals surface area contributed by atoms with Gasteiger partial charge in [0.05, 0.1) is 30.4 Å². The van der Waals surface area contributed by atoms with Crippen molar-refractivity contribution in [3.63, 3.8) is 0 Å². The number of hydrogen-bond acceptors (Lipinski definition) is 3. The Bertz CT molecular complexity index is 1000. The maximum Gasteiger partial charge on any atom is 0.416 e. The van der Waals surface area contributed by atoms with Gasteiger partial charge in [0.25, 0.3) is 0 Å². The number of hydrogen-bond donors (Lipinski definition) is 2. The van der Waals surface area contributed by atoms with Crippen molar-refractivity contribution in [1.82, 2.24) is 10.6 Å². The van der Waals surface area contributed by atoms with Crippen LogP contribution in [0.5, 0.6) is 0 Å². The van der Waals surface area contributed by atoms with Crippen molar-refractivity contribution in [1.29, 1.82) is 0 Å². The molecule has 2 N–H and O–H groups in total. The molecule has 0 unspecified atom stereocenters. The van der Waals surface area contributed by atoms with E-state index in [1.54, 1.807) is 0 Å². The van der Waals surface area contributed by atoms with E-state index in [1.165, 1.54) is 6.92 Å². The van der Waals surface area contributed by atoms with Crippen LogP contribution >= 0.6 is 0 Å². The average molecular weight is 486 g/mol. The number of carbonyl (C=O) groups excluding carboxylic acids is 1. The molecule has 0 aromatic heterocycles. The summed E-state index contributed by atoms with van der Waals surface area (Å²) in [6.45, 7) is 2.18. The fourth-order valence-corrected chi connectivity index (χ4v) is 4.93. The molecule has 1 spiro atoms. The minimum atomic E-state index is -4.92. The molecule has 1 saturated heterocycles. The molecular formula is C24H24F6N2O2. The number of ether oxygens (including phenoxy) is 1. The van der Waals surface area contributed by atoms with E-state index >= 15 is 0 Å². The third kappa shape index (κ3) is 4.93. The molecule has 2 aromatic carbocycles. The van der Waals surface area contributed by atoms with Gasteiger partial charge in [-0.2, -0.15) is 26.3 Å². The Balaban J connectivity index is 1.56. The highest BCUT2D eigenvalue weighted by Crippen LogP contribution is 2.51. The van der Waals surface area contributed by atoms with Gasteiger partial charge in [-0.05, 0) is 49.1 Å². The highest BCUT2D eigenvalue weighted by Gasteiger charge is 2.56. The van der Waals surface area contributed by atoms with Crippen LogP contribution in [0.1, 0.15) is 48.1 Å². The van der Waals surface area contributed by atoms with Gasteiger partial charge in [0.15, 0.2) is 0 Å². The number of halogens is 6. The number of amides is 1. The lowest BCUT2D eigenvalue weighted by Gasteiger charge is -2.58. The number of alkyl halides is 6. The van der Waals surface area contributed by atoms with Gasteiger partial charge in [-0.25, -0.2) is 0 Å². The van der Waals surface area contributed by atoms with E-state index in [9.17, 15) is 31.1 Å². The van der Waals surface area contributed by atoms with Gasteiger partial charge in [-0.1, -0.05) is 30.3 Å². The Labute approximate surface area is 192 Å². The first-order valence-electron chi connectivity index (χ1n) is 10.8. The van der Waals surface area contributed by atoms with Crippen LogP contribution in [0.3, 0.4) is 0 Å². The second-order valence-electron chi connectivity index (χ2n) is 9.20. The van der Waals surface area contributed by atoms with Crippen molar-refractivity contribution >= 4 is 5.91 Å². The summed E-state index contributed by atoms with van der Waals surface area (Å²) in [5.74, 6) is -0.0993. The first kappa shape index (κ1) is 24.5. The molecule has 1 aliphatic carbocycles. The number of carbonyl (C=O) groups is 1. The molecule has 1 atom stereocenters. The second kappa shape index (κ2) is 8.57. The minimum absolute atomic E-state index is 0.0993. The fraction of sp³-hybridized carbons (Fsp3) is 0.458. The van der Waals surface area contributed by atoms with Crippen molar-refractivity contribution < 1.29 is 35.9 Å². The van der Waals surface area contributed by atoms with Crippen molar-refractivity contribution in [2.75, 3.05) is 19.7 Å². The van der Waals surface area contributed by atoms with E-state index in [4.69, 9.17) is 4.74 Å². The van der Waals surface area contributed by atoms with E-state index in [0.717, 1.165) is 5.56 Å². The lowest BCUT2D eigenvalue weighted by Crippen LogP contribution is -2.72. The first-order valence-corrected chi connectivity index (χ1v) is 10.8. The Morgan fingerprint density at radius 2 is 1.56 bits per heavy atom. The largest absolute Gasteiger partial charge is 0.416 e. The third-order valence-electron chi connectivity index (χ3n) is 6.68. The summed E-state index contributed by atoms with van der Waals surface area (Å²) in [4.78, 5) is 11.5. The molecule has 1 aliphatic heterocycles. The Kier molecular flexibility index (Phi) is 6.18. The number of piperazine rings is 1.